The maximum Gasteiger partial charge on any atom is 0.410 e. The minimum Gasteiger partial charge on any atom is -0.444 e. The number of piperazine rings is 1. The van der Waals surface area contributed by atoms with Gasteiger partial charge in [-0.15, -0.1) is 0 Å². The molecule has 2 aromatic rings. The Labute approximate surface area is 230 Å². The molecule has 0 spiro atoms. The lowest BCUT2D eigenvalue weighted by atomic mass is 9.97. The van der Waals surface area contributed by atoms with Gasteiger partial charge in [0.1, 0.15) is 11.4 Å². The first-order chi connectivity index (χ1) is 17.7. The summed E-state index contributed by atoms with van der Waals surface area (Å²) in [7, 11) is 0. The number of rotatable bonds is 6. The minimum atomic E-state index is -0.477. The lowest BCUT2D eigenvalue weighted by Crippen LogP contribution is -2.50. The van der Waals surface area contributed by atoms with E-state index in [1.807, 2.05) is 27.0 Å². The zero-order valence-corrected chi connectivity index (χ0v) is 24.5. The van der Waals surface area contributed by atoms with Crippen molar-refractivity contribution in [2.24, 2.45) is 0 Å². The number of hydrogen-bond donors (Lipinski definition) is 0. The fraction of sp³-hybridized carbons (Fsp3) is 0.586. The number of nitrogens with zero attached hydrogens (tertiary/aromatic N) is 4. The number of anilines is 2. The molecular formula is C29H41BrN4O3. The van der Waals surface area contributed by atoms with Gasteiger partial charge >= 0.3 is 6.09 Å². The lowest BCUT2D eigenvalue weighted by molar-refractivity contribution is 0.0240. The van der Waals surface area contributed by atoms with Gasteiger partial charge in [-0.3, -0.25) is 0 Å². The molecule has 1 aromatic carbocycles. The van der Waals surface area contributed by atoms with Gasteiger partial charge in [-0.2, -0.15) is 0 Å². The molecule has 3 heterocycles. The highest BCUT2D eigenvalue weighted by Crippen LogP contribution is 2.34. The first-order valence-electron chi connectivity index (χ1n) is 13.4. The number of carbonyl (C=O) groups excluding carboxylic acids is 1. The molecule has 0 saturated carbocycles. The molecule has 202 valence electrons. The first-order valence-corrected chi connectivity index (χ1v) is 14.6. The SMILES string of the molecule is CCN(c1cc(-c2ccc(N3CCN(C(=O)OC(C)(C)C)CC3)nc2)cc(CBr)c1C)C1CCOCC1. The molecule has 0 atom stereocenters. The lowest BCUT2D eigenvalue weighted by Gasteiger charge is -2.37. The summed E-state index contributed by atoms with van der Waals surface area (Å²) < 4.78 is 11.1. The number of pyridine rings is 1. The Hall–Kier alpha value is -2.32. The Morgan fingerprint density at radius 2 is 1.84 bits per heavy atom. The van der Waals surface area contributed by atoms with Crippen LogP contribution in [0.5, 0.6) is 0 Å². The van der Waals surface area contributed by atoms with E-state index in [9.17, 15) is 4.79 Å². The molecule has 0 aliphatic carbocycles. The molecule has 37 heavy (non-hydrogen) atoms. The van der Waals surface area contributed by atoms with Crippen LogP contribution in [0.3, 0.4) is 0 Å². The van der Waals surface area contributed by atoms with Crippen molar-refractivity contribution in [3.05, 3.63) is 41.6 Å². The van der Waals surface area contributed by atoms with Crippen LogP contribution >= 0.6 is 15.9 Å². The summed E-state index contributed by atoms with van der Waals surface area (Å²) in [5, 5.41) is 0.818. The summed E-state index contributed by atoms with van der Waals surface area (Å²) >= 11 is 3.71. The normalized spacial score (nSPS) is 17.1. The van der Waals surface area contributed by atoms with Gasteiger partial charge in [0.25, 0.3) is 0 Å². The summed E-state index contributed by atoms with van der Waals surface area (Å²) in [6.45, 7) is 15.6. The van der Waals surface area contributed by atoms with Crippen molar-refractivity contribution >= 4 is 33.5 Å². The average molecular weight is 574 g/mol. The van der Waals surface area contributed by atoms with Crippen LogP contribution < -0.4 is 9.80 Å². The van der Waals surface area contributed by atoms with Crippen LogP contribution in [-0.4, -0.2) is 73.6 Å². The zero-order chi connectivity index (χ0) is 26.6. The van der Waals surface area contributed by atoms with E-state index in [1.165, 1.54) is 22.4 Å². The predicted molar refractivity (Wildman–Crippen MR) is 154 cm³/mol. The van der Waals surface area contributed by atoms with E-state index in [4.69, 9.17) is 14.5 Å². The van der Waals surface area contributed by atoms with E-state index >= 15 is 0 Å². The third kappa shape index (κ3) is 6.77. The predicted octanol–water partition coefficient (Wildman–Crippen LogP) is 6.01. The molecule has 2 aliphatic heterocycles. The van der Waals surface area contributed by atoms with Crippen LogP contribution in [-0.2, 0) is 14.8 Å². The van der Waals surface area contributed by atoms with Crippen molar-refractivity contribution in [3.8, 4) is 11.1 Å². The van der Waals surface area contributed by atoms with Gasteiger partial charge in [0, 0.05) is 74.8 Å². The number of hydrogen-bond acceptors (Lipinski definition) is 6. The van der Waals surface area contributed by atoms with Gasteiger partial charge in [0.15, 0.2) is 0 Å². The van der Waals surface area contributed by atoms with E-state index in [1.54, 1.807) is 4.90 Å². The third-order valence-electron chi connectivity index (χ3n) is 7.25. The highest BCUT2D eigenvalue weighted by Gasteiger charge is 2.27. The Morgan fingerprint density at radius 3 is 2.41 bits per heavy atom. The molecule has 1 amide bonds. The third-order valence-corrected chi connectivity index (χ3v) is 7.85. The maximum atomic E-state index is 12.4. The van der Waals surface area contributed by atoms with Gasteiger partial charge in [-0.1, -0.05) is 15.9 Å². The molecule has 2 aliphatic rings. The van der Waals surface area contributed by atoms with Crippen molar-refractivity contribution in [2.45, 2.75) is 64.4 Å². The quantitative estimate of drug-likeness (QED) is 0.395. The zero-order valence-electron chi connectivity index (χ0n) is 22.9. The van der Waals surface area contributed by atoms with Crippen LogP contribution in [0.1, 0.15) is 51.7 Å². The molecule has 2 fully saturated rings. The van der Waals surface area contributed by atoms with E-state index < -0.39 is 5.60 Å². The fourth-order valence-electron chi connectivity index (χ4n) is 5.17. The van der Waals surface area contributed by atoms with Crippen molar-refractivity contribution in [1.82, 2.24) is 9.88 Å². The average Bonchev–Trinajstić information content (AvgIpc) is 2.90. The maximum absolute atomic E-state index is 12.4. The summed E-state index contributed by atoms with van der Waals surface area (Å²) in [5.74, 6) is 0.943. The van der Waals surface area contributed by atoms with Gasteiger partial charge in [0.05, 0.1) is 0 Å². The second-order valence-electron chi connectivity index (χ2n) is 10.9. The number of benzene rings is 1. The molecule has 1 aromatic heterocycles. The largest absolute Gasteiger partial charge is 0.444 e. The molecule has 4 rings (SSSR count). The van der Waals surface area contributed by atoms with Gasteiger partial charge in [-0.05, 0) is 88.4 Å². The standard InChI is InChI=1S/C29H41BrN4O3/c1-6-34(25-9-15-36-16-10-25)26-18-23(17-24(19-30)21(26)2)22-7-8-27(31-20-22)32-11-13-33(14-12-32)28(35)37-29(3,4)5/h7-8,17-18,20,25H,6,9-16,19H2,1-5H3. The monoisotopic (exact) mass is 572 g/mol. The molecule has 0 unspecified atom stereocenters. The second kappa shape index (κ2) is 12.0. The summed E-state index contributed by atoms with van der Waals surface area (Å²) in [5.41, 5.74) is 5.78. The minimum absolute atomic E-state index is 0.241. The highest BCUT2D eigenvalue weighted by molar-refractivity contribution is 9.08. The van der Waals surface area contributed by atoms with Crippen LogP contribution in [0.4, 0.5) is 16.3 Å². The molecule has 2 saturated heterocycles. The smallest absolute Gasteiger partial charge is 0.410 e. The van der Waals surface area contributed by atoms with Crippen LogP contribution in [0.25, 0.3) is 11.1 Å². The van der Waals surface area contributed by atoms with Gasteiger partial charge in [0.2, 0.25) is 0 Å². The first kappa shape index (κ1) is 27.7. The molecule has 0 bridgehead atoms. The Bertz CT molecular complexity index is 1060. The van der Waals surface area contributed by atoms with E-state index in [-0.39, 0.29) is 6.09 Å². The number of aromatic nitrogens is 1. The fourth-order valence-corrected chi connectivity index (χ4v) is 5.75. The molecule has 0 radical (unpaired) electrons. The van der Waals surface area contributed by atoms with Crippen molar-refractivity contribution < 1.29 is 14.3 Å². The summed E-state index contributed by atoms with van der Waals surface area (Å²) in [6.07, 6.45) is 3.87. The topological polar surface area (TPSA) is 58.1 Å². The Balaban J connectivity index is 1.49. The molecule has 0 N–H and O–H groups in total. The van der Waals surface area contributed by atoms with Crippen molar-refractivity contribution in [1.29, 1.82) is 0 Å². The number of carbonyl (C=O) groups is 1. The summed E-state index contributed by atoms with van der Waals surface area (Å²) in [4.78, 5) is 23.8. The summed E-state index contributed by atoms with van der Waals surface area (Å²) in [6, 6.07) is 9.39. The highest BCUT2D eigenvalue weighted by atomic mass is 79.9. The number of halogens is 1. The van der Waals surface area contributed by atoms with Crippen LogP contribution in [0, 0.1) is 6.92 Å². The van der Waals surface area contributed by atoms with Crippen molar-refractivity contribution in [3.63, 3.8) is 0 Å². The van der Waals surface area contributed by atoms with Crippen molar-refractivity contribution in [2.75, 3.05) is 55.7 Å². The Morgan fingerprint density at radius 1 is 1.14 bits per heavy atom. The van der Waals surface area contributed by atoms with Crippen LogP contribution in [0.15, 0.2) is 30.5 Å². The second-order valence-corrected chi connectivity index (χ2v) is 11.5. The number of alkyl halides is 1. The van der Waals surface area contributed by atoms with E-state index in [2.05, 4.69) is 63.8 Å². The molecule has 8 heteroatoms. The molecule has 7 nitrogen and oxygen atoms in total. The van der Waals surface area contributed by atoms with Crippen LogP contribution in [0.2, 0.25) is 0 Å². The van der Waals surface area contributed by atoms with E-state index in [0.29, 0.717) is 19.1 Å². The number of ether oxygens (including phenoxy) is 2. The Kier molecular flexibility index (Phi) is 9.01. The number of amides is 1. The van der Waals surface area contributed by atoms with Gasteiger partial charge < -0.3 is 24.2 Å². The van der Waals surface area contributed by atoms with Gasteiger partial charge in [-0.25, -0.2) is 9.78 Å². The van der Waals surface area contributed by atoms with E-state index in [0.717, 1.165) is 62.4 Å². The molecular weight excluding hydrogens is 532 g/mol.